The molecule has 2 aromatic carbocycles. The first kappa shape index (κ1) is 22.6. The molecule has 7 heteroatoms. The molecule has 0 saturated heterocycles. The van der Waals surface area contributed by atoms with Crippen LogP contribution in [0, 0.1) is 0 Å². The number of hydrogen-bond acceptors (Lipinski definition) is 6. The van der Waals surface area contributed by atoms with Crippen LogP contribution in [0.25, 0.3) is 0 Å². The highest BCUT2D eigenvalue weighted by Gasteiger charge is 2.36. The minimum Gasteiger partial charge on any atom is -0.493 e. The monoisotopic (exact) mass is 429 g/mol. The zero-order valence-electron chi connectivity index (χ0n) is 18.9. The molecule has 0 radical (unpaired) electrons. The maximum absolute atomic E-state index is 13.0. The van der Waals surface area contributed by atoms with E-state index in [2.05, 4.69) is 11.4 Å². The van der Waals surface area contributed by atoms with Crippen molar-refractivity contribution in [2.75, 3.05) is 42.1 Å². The number of amides is 1. The SMILES string of the molecule is COc1ccc(C2(CNC(=O)c3cc(OC)c(OC)c(OC)c3)CCCC2)cc1OC. The molecule has 1 N–H and O–H groups in total. The largest absolute Gasteiger partial charge is 0.493 e. The van der Waals surface area contributed by atoms with Crippen LogP contribution in [0.15, 0.2) is 30.3 Å². The van der Waals surface area contributed by atoms with Crippen LogP contribution in [0.3, 0.4) is 0 Å². The molecule has 1 aliphatic carbocycles. The van der Waals surface area contributed by atoms with Gasteiger partial charge >= 0.3 is 0 Å². The first-order valence-corrected chi connectivity index (χ1v) is 10.3. The summed E-state index contributed by atoms with van der Waals surface area (Å²) < 4.78 is 27.0. The smallest absolute Gasteiger partial charge is 0.251 e. The van der Waals surface area contributed by atoms with Gasteiger partial charge < -0.3 is 29.0 Å². The Morgan fingerprint density at radius 2 is 1.39 bits per heavy atom. The van der Waals surface area contributed by atoms with E-state index in [0.29, 0.717) is 40.9 Å². The molecule has 1 fully saturated rings. The van der Waals surface area contributed by atoms with Crippen molar-refractivity contribution in [2.45, 2.75) is 31.1 Å². The van der Waals surface area contributed by atoms with Gasteiger partial charge in [0.2, 0.25) is 5.75 Å². The summed E-state index contributed by atoms with van der Waals surface area (Å²) in [5.74, 6) is 2.55. The lowest BCUT2D eigenvalue weighted by Gasteiger charge is -2.30. The van der Waals surface area contributed by atoms with Gasteiger partial charge in [0.05, 0.1) is 35.5 Å². The van der Waals surface area contributed by atoms with Crippen molar-refractivity contribution in [3.63, 3.8) is 0 Å². The summed E-state index contributed by atoms with van der Waals surface area (Å²) >= 11 is 0. The minimum absolute atomic E-state index is 0.143. The van der Waals surface area contributed by atoms with Crippen molar-refractivity contribution in [3.05, 3.63) is 41.5 Å². The van der Waals surface area contributed by atoms with Gasteiger partial charge in [0.15, 0.2) is 23.0 Å². The molecule has 0 aromatic heterocycles. The van der Waals surface area contributed by atoms with Crippen molar-refractivity contribution in [1.29, 1.82) is 0 Å². The average Bonchev–Trinajstić information content (AvgIpc) is 3.31. The van der Waals surface area contributed by atoms with Crippen molar-refractivity contribution >= 4 is 5.91 Å². The van der Waals surface area contributed by atoms with Crippen molar-refractivity contribution < 1.29 is 28.5 Å². The Morgan fingerprint density at radius 3 is 1.90 bits per heavy atom. The molecule has 1 saturated carbocycles. The van der Waals surface area contributed by atoms with E-state index >= 15 is 0 Å². The molecule has 1 amide bonds. The van der Waals surface area contributed by atoms with Crippen LogP contribution in [0.4, 0.5) is 0 Å². The summed E-state index contributed by atoms with van der Waals surface area (Å²) in [4.78, 5) is 13.0. The van der Waals surface area contributed by atoms with E-state index in [9.17, 15) is 4.79 Å². The van der Waals surface area contributed by atoms with E-state index in [1.807, 2.05) is 12.1 Å². The molecular formula is C24H31NO6. The van der Waals surface area contributed by atoms with E-state index in [4.69, 9.17) is 23.7 Å². The van der Waals surface area contributed by atoms with Crippen LogP contribution in [-0.2, 0) is 5.41 Å². The highest BCUT2D eigenvalue weighted by molar-refractivity contribution is 5.95. The van der Waals surface area contributed by atoms with Crippen molar-refractivity contribution in [3.8, 4) is 28.7 Å². The van der Waals surface area contributed by atoms with Gasteiger partial charge in [-0.05, 0) is 42.7 Å². The molecule has 168 valence electrons. The van der Waals surface area contributed by atoms with Crippen LogP contribution in [0.2, 0.25) is 0 Å². The fourth-order valence-corrected chi connectivity index (χ4v) is 4.35. The lowest BCUT2D eigenvalue weighted by Crippen LogP contribution is -2.39. The molecule has 3 rings (SSSR count). The lowest BCUT2D eigenvalue weighted by molar-refractivity contribution is 0.0942. The van der Waals surface area contributed by atoms with Gasteiger partial charge in [-0.1, -0.05) is 18.9 Å². The van der Waals surface area contributed by atoms with Crippen LogP contribution in [0.1, 0.15) is 41.6 Å². The van der Waals surface area contributed by atoms with Gasteiger partial charge in [-0.3, -0.25) is 4.79 Å². The van der Waals surface area contributed by atoms with Gasteiger partial charge in [0.25, 0.3) is 5.91 Å². The summed E-state index contributed by atoms with van der Waals surface area (Å²) in [5.41, 5.74) is 1.46. The molecule has 1 aliphatic rings. The first-order valence-electron chi connectivity index (χ1n) is 10.3. The third-order valence-electron chi connectivity index (χ3n) is 6.07. The number of methoxy groups -OCH3 is 5. The molecule has 31 heavy (non-hydrogen) atoms. The molecule has 7 nitrogen and oxygen atoms in total. The molecular weight excluding hydrogens is 398 g/mol. The first-order chi connectivity index (χ1) is 15.0. The fraction of sp³-hybridized carbons (Fsp3) is 0.458. The van der Waals surface area contributed by atoms with Crippen molar-refractivity contribution in [1.82, 2.24) is 5.32 Å². The second-order valence-electron chi connectivity index (χ2n) is 7.65. The zero-order valence-corrected chi connectivity index (χ0v) is 18.9. The molecule has 2 aromatic rings. The van der Waals surface area contributed by atoms with Crippen LogP contribution in [0.5, 0.6) is 28.7 Å². The Hall–Kier alpha value is -3.09. The summed E-state index contributed by atoms with van der Waals surface area (Å²) in [5, 5.41) is 3.12. The highest BCUT2D eigenvalue weighted by atomic mass is 16.5. The molecule has 0 heterocycles. The fourth-order valence-electron chi connectivity index (χ4n) is 4.35. The number of carbonyl (C=O) groups is 1. The predicted molar refractivity (Wildman–Crippen MR) is 118 cm³/mol. The van der Waals surface area contributed by atoms with Gasteiger partial charge in [-0.2, -0.15) is 0 Å². The summed E-state index contributed by atoms with van der Waals surface area (Å²) in [6.45, 7) is 0.526. The highest BCUT2D eigenvalue weighted by Crippen LogP contribution is 2.43. The maximum Gasteiger partial charge on any atom is 0.251 e. The predicted octanol–water partition coefficient (Wildman–Crippen LogP) is 3.97. The Labute approximate surface area is 183 Å². The number of rotatable bonds is 9. The molecule has 0 aliphatic heterocycles. The zero-order chi connectivity index (χ0) is 22.4. The van der Waals surface area contributed by atoms with E-state index < -0.39 is 0 Å². The number of ether oxygens (including phenoxy) is 5. The number of carbonyl (C=O) groups excluding carboxylic acids is 1. The Kier molecular flexibility index (Phi) is 7.15. The standard InChI is InChI=1S/C24H31NO6/c1-27-18-9-8-17(14-19(18)28-2)24(10-6-7-11-24)15-25-23(26)16-12-20(29-3)22(31-5)21(13-16)30-4/h8-9,12-14H,6-7,10-11,15H2,1-5H3,(H,25,26). The van der Waals surface area contributed by atoms with Crippen LogP contribution in [-0.4, -0.2) is 48.0 Å². The van der Waals surface area contributed by atoms with Crippen LogP contribution < -0.4 is 29.0 Å². The maximum atomic E-state index is 13.0. The van der Waals surface area contributed by atoms with Crippen LogP contribution >= 0.6 is 0 Å². The topological polar surface area (TPSA) is 75.3 Å². The van der Waals surface area contributed by atoms with Gasteiger partial charge in [-0.15, -0.1) is 0 Å². The third-order valence-corrected chi connectivity index (χ3v) is 6.07. The molecule has 0 unspecified atom stereocenters. The summed E-state index contributed by atoms with van der Waals surface area (Å²) in [6, 6.07) is 9.34. The van der Waals surface area contributed by atoms with Gasteiger partial charge in [0.1, 0.15) is 0 Å². The quantitative estimate of drug-likeness (QED) is 0.650. The van der Waals surface area contributed by atoms with Gasteiger partial charge in [-0.25, -0.2) is 0 Å². The van der Waals surface area contributed by atoms with Crippen molar-refractivity contribution in [2.24, 2.45) is 0 Å². The Morgan fingerprint density at radius 1 is 0.806 bits per heavy atom. The van der Waals surface area contributed by atoms with Gasteiger partial charge in [0, 0.05) is 17.5 Å². The minimum atomic E-state index is -0.189. The molecule has 0 bridgehead atoms. The van der Waals surface area contributed by atoms with E-state index in [1.165, 1.54) is 21.3 Å². The molecule has 0 atom stereocenters. The lowest BCUT2D eigenvalue weighted by atomic mass is 9.78. The number of benzene rings is 2. The van der Waals surface area contributed by atoms with E-state index in [1.54, 1.807) is 26.4 Å². The third kappa shape index (κ3) is 4.50. The second-order valence-corrected chi connectivity index (χ2v) is 7.65. The summed E-state index contributed by atoms with van der Waals surface area (Å²) in [7, 11) is 7.86. The Bertz CT molecular complexity index is 895. The number of nitrogens with one attached hydrogen (secondary N) is 1. The normalized spacial score (nSPS) is 14.6. The Balaban J connectivity index is 1.85. The van der Waals surface area contributed by atoms with E-state index in [-0.39, 0.29) is 11.3 Å². The number of hydrogen-bond donors (Lipinski definition) is 1. The average molecular weight is 430 g/mol. The second kappa shape index (κ2) is 9.81. The molecule has 0 spiro atoms. The summed E-state index contributed by atoms with van der Waals surface area (Å²) in [6.07, 6.45) is 4.23. The van der Waals surface area contributed by atoms with E-state index in [0.717, 1.165) is 31.2 Å².